The largest absolute Gasteiger partial charge is 2.00 e. The molecule has 0 fully saturated rings. The van der Waals surface area contributed by atoms with Crippen molar-refractivity contribution in [3.8, 4) is 0 Å². The molecular weight excluding hydrogens is 174 g/mol. The molecule has 5 heteroatoms. The SMILES string of the molecule is F.[AlH3].[Ca+2].[H-].[H-].[H-].[Na+].[Zn]. The van der Waals surface area contributed by atoms with E-state index in [1.54, 1.807) is 0 Å². The van der Waals surface area contributed by atoms with Crippen molar-refractivity contribution in [2.24, 2.45) is 0 Å². The van der Waals surface area contributed by atoms with Crippen LogP contribution in [0.1, 0.15) is 4.28 Å². The molecule has 0 aliphatic carbocycles. The van der Waals surface area contributed by atoms with Crippen LogP contribution in [0.3, 0.4) is 0 Å². The molecule has 0 saturated heterocycles. The Morgan fingerprint density at radius 1 is 1.20 bits per heavy atom. The summed E-state index contributed by atoms with van der Waals surface area (Å²) in [6.07, 6.45) is 0. The van der Waals surface area contributed by atoms with E-state index in [9.17, 15) is 0 Å². The van der Waals surface area contributed by atoms with E-state index in [2.05, 4.69) is 0 Å². The average molecular weight is 181 g/mol. The van der Waals surface area contributed by atoms with Gasteiger partial charge in [-0.2, -0.15) is 0 Å². The van der Waals surface area contributed by atoms with Gasteiger partial charge in [0.2, 0.25) is 0 Å². The smallest absolute Gasteiger partial charge is 1.00 e. The van der Waals surface area contributed by atoms with Crippen LogP contribution in [0, 0.1) is 0 Å². The fourth-order valence-electron chi connectivity index (χ4n) is 0. The third-order valence-electron chi connectivity index (χ3n) is 0. The van der Waals surface area contributed by atoms with Crippen LogP contribution in [0.4, 0.5) is 4.70 Å². The number of hydrogen-bond donors (Lipinski definition) is 0. The van der Waals surface area contributed by atoms with Crippen LogP contribution in [0.2, 0.25) is 0 Å². The molecule has 0 atom stereocenters. The van der Waals surface area contributed by atoms with Gasteiger partial charge in [-0.15, -0.1) is 0 Å². The molecule has 0 aliphatic rings. The molecule has 0 bridgehead atoms. The molecule has 0 aromatic rings. The molecule has 5 heavy (non-hydrogen) atoms. The maximum atomic E-state index is 0. The van der Waals surface area contributed by atoms with Crippen LogP contribution in [0.25, 0.3) is 0 Å². The summed E-state index contributed by atoms with van der Waals surface area (Å²) in [5.74, 6) is 0. The first-order valence-corrected chi connectivity index (χ1v) is 0. The van der Waals surface area contributed by atoms with Gasteiger partial charge in [0.15, 0.2) is 17.4 Å². The third kappa shape index (κ3) is 18.8. The van der Waals surface area contributed by atoms with Gasteiger partial charge < -0.3 is 4.28 Å². The molecule has 0 unspecified atom stereocenters. The average Bonchev–Trinajstić information content (AvgIpc) is 0. The standard InChI is InChI=1S/Al.Ca.FH.Na.Zn.6H/h;;1H;;;;;;;;/q;+2;;+1;;;;;3*-1. The van der Waals surface area contributed by atoms with E-state index >= 15 is 0 Å². The molecule has 0 N–H and O–H groups in total. The van der Waals surface area contributed by atoms with Crippen LogP contribution in [0.5, 0.6) is 0 Å². The minimum Gasteiger partial charge on any atom is -1.00 e. The summed E-state index contributed by atoms with van der Waals surface area (Å²) in [7, 11) is 0. The Kier molecular flexibility index (Phi) is 213. The van der Waals surface area contributed by atoms with Gasteiger partial charge in [-0.05, 0) is 0 Å². The molecule has 0 aromatic carbocycles. The predicted octanol–water partition coefficient (Wildman–Crippen LogP) is -4.07. The Hall–Kier alpha value is 3.35. The van der Waals surface area contributed by atoms with Gasteiger partial charge >= 0.3 is 67.3 Å². The maximum absolute atomic E-state index is 0. The van der Waals surface area contributed by atoms with E-state index in [4.69, 9.17) is 0 Å². The maximum Gasteiger partial charge on any atom is 2.00 e. The van der Waals surface area contributed by atoms with Gasteiger partial charge in [0.05, 0.1) is 0 Å². The van der Waals surface area contributed by atoms with Crippen LogP contribution < -0.4 is 29.6 Å². The first-order valence-electron chi connectivity index (χ1n) is 0. The first-order chi connectivity index (χ1) is 0. The van der Waals surface area contributed by atoms with Gasteiger partial charge in [-0.1, -0.05) is 0 Å². The third-order valence-corrected chi connectivity index (χ3v) is 0. The minimum atomic E-state index is 0. The van der Waals surface area contributed by atoms with Gasteiger partial charge in [0, 0.05) is 19.5 Å². The Balaban J connectivity index is 0. The fraction of sp³-hybridized carbons (Fsp3) is 0. The monoisotopic (exact) mass is 180 g/mol. The van der Waals surface area contributed by atoms with Crippen molar-refractivity contribution in [3.05, 3.63) is 0 Å². The van der Waals surface area contributed by atoms with E-state index in [-0.39, 0.29) is 113 Å². The van der Waals surface area contributed by atoms with Crippen molar-refractivity contribution in [1.82, 2.24) is 0 Å². The number of hydrogen-bond acceptors (Lipinski definition) is 0. The summed E-state index contributed by atoms with van der Waals surface area (Å²) in [4.78, 5) is 0. The topological polar surface area (TPSA) is 0 Å². The Morgan fingerprint density at radius 3 is 1.20 bits per heavy atom. The van der Waals surface area contributed by atoms with Crippen LogP contribution >= 0.6 is 0 Å². The molecule has 0 saturated carbocycles. The molecule has 0 aliphatic heterocycles. The molecule has 22 valence electrons. The molecule has 0 nitrogen and oxygen atoms in total. The molecule has 0 radical (unpaired) electrons. The Bertz CT molecular complexity index is 19.2. The fourth-order valence-corrected chi connectivity index (χ4v) is 0. The van der Waals surface area contributed by atoms with Gasteiger partial charge in [-0.25, -0.2) is 0 Å². The van der Waals surface area contributed by atoms with E-state index < -0.39 is 0 Å². The quantitative estimate of drug-likeness (QED) is 0.334. The summed E-state index contributed by atoms with van der Waals surface area (Å²) in [5.41, 5.74) is 0. The molecule has 0 aromatic heterocycles. The summed E-state index contributed by atoms with van der Waals surface area (Å²) in [6, 6.07) is 0. The predicted molar refractivity (Wildman–Crippen MR) is 21.5 cm³/mol. The van der Waals surface area contributed by atoms with Crippen molar-refractivity contribution in [3.63, 3.8) is 0 Å². The molecular formula is H7AlCaFNaZn. The van der Waals surface area contributed by atoms with Crippen LogP contribution in [-0.2, 0) is 19.5 Å². The normalized spacial score (nSPS) is 0. The zero-order chi connectivity index (χ0) is 0. The Labute approximate surface area is 111 Å². The summed E-state index contributed by atoms with van der Waals surface area (Å²) < 4.78 is 0. The second-order valence-electron chi connectivity index (χ2n) is 0. The molecule has 0 spiro atoms. The molecule has 0 rings (SSSR count). The van der Waals surface area contributed by atoms with Crippen molar-refractivity contribution < 1.29 is 58.0 Å². The van der Waals surface area contributed by atoms with Crippen molar-refractivity contribution >= 4 is 55.1 Å². The van der Waals surface area contributed by atoms with Gasteiger partial charge in [0.25, 0.3) is 0 Å². The van der Waals surface area contributed by atoms with Gasteiger partial charge in [0.1, 0.15) is 0 Å². The summed E-state index contributed by atoms with van der Waals surface area (Å²) in [5, 5.41) is 0. The Morgan fingerprint density at radius 2 is 1.20 bits per heavy atom. The van der Waals surface area contributed by atoms with E-state index in [1.807, 2.05) is 0 Å². The zero-order valence-corrected chi connectivity index (χ0v) is 10.00. The second kappa shape index (κ2) is 26.4. The second-order valence-corrected chi connectivity index (χ2v) is 0. The number of rotatable bonds is 0. The van der Waals surface area contributed by atoms with Crippen molar-refractivity contribution in [1.29, 1.82) is 0 Å². The summed E-state index contributed by atoms with van der Waals surface area (Å²) in [6.45, 7) is 0. The van der Waals surface area contributed by atoms with E-state index in [1.165, 1.54) is 0 Å². The van der Waals surface area contributed by atoms with Crippen LogP contribution in [0.15, 0.2) is 0 Å². The van der Waals surface area contributed by atoms with Crippen molar-refractivity contribution in [2.75, 3.05) is 0 Å². The molecule has 0 amide bonds. The first kappa shape index (κ1) is 40.2. The van der Waals surface area contributed by atoms with Gasteiger partial charge in [-0.3, -0.25) is 4.70 Å². The summed E-state index contributed by atoms with van der Waals surface area (Å²) >= 11 is 0. The van der Waals surface area contributed by atoms with E-state index in [0.29, 0.717) is 0 Å². The zero-order valence-electron chi connectivity index (χ0n) is 5.82. The molecule has 0 heterocycles. The van der Waals surface area contributed by atoms with Crippen LogP contribution in [-0.4, -0.2) is 55.1 Å². The minimum absolute atomic E-state index is 0. The number of halogens is 1. The van der Waals surface area contributed by atoms with Crippen molar-refractivity contribution in [2.45, 2.75) is 0 Å². The van der Waals surface area contributed by atoms with E-state index in [0.717, 1.165) is 0 Å².